The number of aryl methyl sites for hydroxylation is 1. The van der Waals surface area contributed by atoms with Crippen molar-refractivity contribution >= 4 is 23.1 Å². The summed E-state index contributed by atoms with van der Waals surface area (Å²) in [5, 5.41) is 14.7. The highest BCUT2D eigenvalue weighted by Crippen LogP contribution is 2.25. The summed E-state index contributed by atoms with van der Waals surface area (Å²) >= 11 is 0. The molecule has 1 heterocycles. The van der Waals surface area contributed by atoms with Crippen LogP contribution in [0.15, 0.2) is 54.7 Å². The van der Waals surface area contributed by atoms with E-state index in [2.05, 4.69) is 81.8 Å². The van der Waals surface area contributed by atoms with Crippen molar-refractivity contribution in [1.82, 2.24) is 15.2 Å². The molecule has 0 fully saturated rings. The molecule has 0 unspecified atom stereocenters. The maximum Gasteiger partial charge on any atom is 0.244 e. The van der Waals surface area contributed by atoms with Gasteiger partial charge >= 0.3 is 0 Å². The SMILES string of the molecule is CCN(CC)c1ccc(Nc2cnnc(NCc3ccccc3)n2)c(C)c1. The summed E-state index contributed by atoms with van der Waals surface area (Å²) < 4.78 is 0. The quantitative estimate of drug-likeness (QED) is 0.620. The maximum absolute atomic E-state index is 4.51. The average Bonchev–Trinajstić information content (AvgIpc) is 2.70. The van der Waals surface area contributed by atoms with E-state index in [1.165, 1.54) is 11.3 Å². The molecular weight excluding hydrogens is 336 g/mol. The van der Waals surface area contributed by atoms with E-state index in [1.54, 1.807) is 6.20 Å². The van der Waals surface area contributed by atoms with Gasteiger partial charge in [0.25, 0.3) is 0 Å². The zero-order chi connectivity index (χ0) is 19.1. The largest absolute Gasteiger partial charge is 0.372 e. The van der Waals surface area contributed by atoms with Crippen molar-refractivity contribution in [2.24, 2.45) is 0 Å². The Morgan fingerprint density at radius 2 is 1.78 bits per heavy atom. The third-order valence-electron chi connectivity index (χ3n) is 4.45. The van der Waals surface area contributed by atoms with Crippen LogP contribution in [0.1, 0.15) is 25.0 Å². The summed E-state index contributed by atoms with van der Waals surface area (Å²) in [6.45, 7) is 9.08. The van der Waals surface area contributed by atoms with Crippen LogP contribution < -0.4 is 15.5 Å². The first-order chi connectivity index (χ1) is 13.2. The molecular formula is C21H26N6. The molecule has 27 heavy (non-hydrogen) atoms. The summed E-state index contributed by atoms with van der Waals surface area (Å²) in [7, 11) is 0. The summed E-state index contributed by atoms with van der Waals surface area (Å²) in [4.78, 5) is 6.84. The van der Waals surface area contributed by atoms with Crippen LogP contribution in [-0.4, -0.2) is 28.3 Å². The number of anilines is 4. The van der Waals surface area contributed by atoms with Crippen LogP contribution in [0.2, 0.25) is 0 Å². The first-order valence-corrected chi connectivity index (χ1v) is 9.29. The predicted molar refractivity (Wildman–Crippen MR) is 112 cm³/mol. The standard InChI is InChI=1S/C21H26N6/c1-4-27(5-2)18-11-12-19(16(3)13-18)24-20-15-23-26-21(25-20)22-14-17-9-7-6-8-10-17/h6-13,15H,4-5,14H2,1-3H3,(H2,22,24,25,26). The van der Waals surface area contributed by atoms with Gasteiger partial charge in [-0.1, -0.05) is 30.3 Å². The van der Waals surface area contributed by atoms with Gasteiger partial charge in [0.15, 0.2) is 5.82 Å². The first-order valence-electron chi connectivity index (χ1n) is 9.29. The number of hydrogen-bond acceptors (Lipinski definition) is 6. The summed E-state index contributed by atoms with van der Waals surface area (Å²) in [6, 6.07) is 16.6. The van der Waals surface area contributed by atoms with Crippen molar-refractivity contribution in [2.45, 2.75) is 27.3 Å². The van der Waals surface area contributed by atoms with E-state index >= 15 is 0 Å². The van der Waals surface area contributed by atoms with Crippen LogP contribution in [0, 0.1) is 6.92 Å². The molecule has 0 amide bonds. The molecule has 0 bridgehead atoms. The Bertz CT molecular complexity index is 862. The van der Waals surface area contributed by atoms with Gasteiger partial charge in [-0.15, -0.1) is 5.10 Å². The normalized spacial score (nSPS) is 10.5. The third kappa shape index (κ3) is 4.94. The number of hydrogen-bond donors (Lipinski definition) is 2. The third-order valence-corrected chi connectivity index (χ3v) is 4.45. The van der Waals surface area contributed by atoms with Crippen LogP contribution in [0.4, 0.5) is 23.1 Å². The van der Waals surface area contributed by atoms with Gasteiger partial charge in [0.05, 0.1) is 6.20 Å². The van der Waals surface area contributed by atoms with Crippen molar-refractivity contribution in [3.8, 4) is 0 Å². The zero-order valence-electron chi connectivity index (χ0n) is 16.1. The van der Waals surface area contributed by atoms with Crippen LogP contribution in [-0.2, 0) is 6.54 Å². The van der Waals surface area contributed by atoms with E-state index in [4.69, 9.17) is 0 Å². The van der Waals surface area contributed by atoms with Crippen LogP contribution in [0.3, 0.4) is 0 Å². The summed E-state index contributed by atoms with van der Waals surface area (Å²) in [5.74, 6) is 1.17. The summed E-state index contributed by atoms with van der Waals surface area (Å²) in [6.07, 6.45) is 1.63. The molecule has 1 aromatic heterocycles. The number of aromatic nitrogens is 3. The fourth-order valence-electron chi connectivity index (χ4n) is 2.93. The average molecular weight is 362 g/mol. The monoisotopic (exact) mass is 362 g/mol. The minimum atomic E-state index is 0.501. The van der Waals surface area contributed by atoms with E-state index in [1.807, 2.05) is 18.2 Å². The lowest BCUT2D eigenvalue weighted by molar-refractivity contribution is 0.866. The van der Waals surface area contributed by atoms with E-state index in [0.717, 1.165) is 24.3 Å². The van der Waals surface area contributed by atoms with Gasteiger partial charge in [0.1, 0.15) is 0 Å². The smallest absolute Gasteiger partial charge is 0.244 e. The van der Waals surface area contributed by atoms with Crippen molar-refractivity contribution in [1.29, 1.82) is 0 Å². The molecule has 0 aliphatic carbocycles. The Balaban J connectivity index is 1.69. The minimum Gasteiger partial charge on any atom is -0.372 e. The second-order valence-electron chi connectivity index (χ2n) is 6.30. The Kier molecular flexibility index (Phi) is 6.20. The first kappa shape index (κ1) is 18.6. The number of benzene rings is 2. The lowest BCUT2D eigenvalue weighted by atomic mass is 10.1. The fraction of sp³-hybridized carbons (Fsp3) is 0.286. The predicted octanol–water partition coefficient (Wildman–Crippen LogP) is 4.38. The van der Waals surface area contributed by atoms with E-state index in [-0.39, 0.29) is 0 Å². The van der Waals surface area contributed by atoms with Gasteiger partial charge in [-0.05, 0) is 50.1 Å². The van der Waals surface area contributed by atoms with Gasteiger partial charge < -0.3 is 15.5 Å². The molecule has 0 aliphatic rings. The van der Waals surface area contributed by atoms with Crippen molar-refractivity contribution < 1.29 is 0 Å². The highest BCUT2D eigenvalue weighted by atomic mass is 15.3. The molecule has 3 rings (SSSR count). The lowest BCUT2D eigenvalue weighted by Gasteiger charge is -2.22. The van der Waals surface area contributed by atoms with Gasteiger partial charge in [0, 0.05) is 31.0 Å². The van der Waals surface area contributed by atoms with Crippen LogP contribution >= 0.6 is 0 Å². The number of rotatable bonds is 8. The Morgan fingerprint density at radius 1 is 1.00 bits per heavy atom. The Labute approximate surface area is 160 Å². The Morgan fingerprint density at radius 3 is 2.48 bits per heavy atom. The summed E-state index contributed by atoms with van der Waals surface area (Å²) in [5.41, 5.74) is 4.58. The Hall–Kier alpha value is -3.15. The molecule has 3 aromatic rings. The number of nitrogens with zero attached hydrogens (tertiary/aromatic N) is 4. The van der Waals surface area contributed by atoms with Crippen molar-refractivity contribution in [3.05, 3.63) is 65.9 Å². The van der Waals surface area contributed by atoms with Gasteiger partial charge in [-0.25, -0.2) is 0 Å². The maximum atomic E-state index is 4.51. The molecule has 2 aromatic carbocycles. The highest BCUT2D eigenvalue weighted by Gasteiger charge is 2.07. The minimum absolute atomic E-state index is 0.501. The molecule has 0 saturated heterocycles. The molecule has 6 nitrogen and oxygen atoms in total. The molecule has 0 spiro atoms. The van der Waals surface area contributed by atoms with Crippen molar-refractivity contribution in [2.75, 3.05) is 28.6 Å². The molecule has 140 valence electrons. The molecule has 6 heteroatoms. The second kappa shape index (κ2) is 8.98. The van der Waals surface area contributed by atoms with E-state index in [9.17, 15) is 0 Å². The van der Waals surface area contributed by atoms with Gasteiger partial charge in [0.2, 0.25) is 5.95 Å². The molecule has 0 saturated carbocycles. The number of nitrogens with one attached hydrogen (secondary N) is 2. The second-order valence-corrected chi connectivity index (χ2v) is 6.30. The van der Waals surface area contributed by atoms with Crippen LogP contribution in [0.25, 0.3) is 0 Å². The van der Waals surface area contributed by atoms with Gasteiger partial charge in [-0.2, -0.15) is 10.1 Å². The molecule has 0 aliphatic heterocycles. The van der Waals surface area contributed by atoms with Crippen molar-refractivity contribution in [3.63, 3.8) is 0 Å². The van der Waals surface area contributed by atoms with Crippen LogP contribution in [0.5, 0.6) is 0 Å². The molecule has 0 radical (unpaired) electrons. The highest BCUT2D eigenvalue weighted by molar-refractivity contribution is 5.65. The van der Waals surface area contributed by atoms with Gasteiger partial charge in [-0.3, -0.25) is 0 Å². The van der Waals surface area contributed by atoms with E-state index < -0.39 is 0 Å². The topological polar surface area (TPSA) is 66.0 Å². The molecule has 2 N–H and O–H groups in total. The lowest BCUT2D eigenvalue weighted by Crippen LogP contribution is -2.21. The van der Waals surface area contributed by atoms with E-state index in [0.29, 0.717) is 18.3 Å². The fourth-order valence-corrected chi connectivity index (χ4v) is 2.93. The zero-order valence-corrected chi connectivity index (χ0v) is 16.1. The molecule has 0 atom stereocenters.